The van der Waals surface area contributed by atoms with E-state index in [1.807, 2.05) is 42.5 Å². The van der Waals surface area contributed by atoms with Gasteiger partial charge in [0.15, 0.2) is 5.52 Å². The first-order valence-corrected chi connectivity index (χ1v) is 9.04. The molecule has 1 aliphatic carbocycles. The number of rotatable bonds is 1. The van der Waals surface area contributed by atoms with Crippen molar-refractivity contribution < 1.29 is 9.94 Å². The summed E-state index contributed by atoms with van der Waals surface area (Å²) >= 11 is 0. The number of aromatic nitrogens is 2. The molecular formula is C21H20N2O2. The lowest BCUT2D eigenvalue weighted by atomic mass is 9.89. The van der Waals surface area contributed by atoms with Crippen molar-refractivity contribution in [1.82, 2.24) is 4.73 Å². The molecule has 126 valence electrons. The Morgan fingerprint density at radius 3 is 2.08 bits per heavy atom. The maximum atomic E-state index is 13.2. The summed E-state index contributed by atoms with van der Waals surface area (Å²) in [7, 11) is 0. The fourth-order valence-electron chi connectivity index (χ4n) is 4.54. The fourth-order valence-corrected chi connectivity index (χ4v) is 4.54. The molecule has 3 aromatic carbocycles. The first-order valence-electron chi connectivity index (χ1n) is 9.04. The van der Waals surface area contributed by atoms with E-state index in [1.165, 1.54) is 11.2 Å². The van der Waals surface area contributed by atoms with E-state index in [2.05, 4.69) is 6.07 Å². The second kappa shape index (κ2) is 5.38. The summed E-state index contributed by atoms with van der Waals surface area (Å²) in [5.74, 6) is 0.623. The number of nitrogens with zero attached hydrogens (tertiary/aromatic N) is 2. The van der Waals surface area contributed by atoms with Gasteiger partial charge in [0.1, 0.15) is 0 Å². The molecule has 5 rings (SSSR count). The van der Waals surface area contributed by atoms with E-state index in [4.69, 9.17) is 0 Å². The van der Waals surface area contributed by atoms with Gasteiger partial charge in [0.25, 0.3) is 0 Å². The Kier molecular flexibility index (Phi) is 3.14. The van der Waals surface area contributed by atoms with E-state index in [9.17, 15) is 10.4 Å². The highest BCUT2D eigenvalue weighted by Gasteiger charge is 2.33. The highest BCUT2D eigenvalue weighted by molar-refractivity contribution is 6.22. The third kappa shape index (κ3) is 1.97. The lowest BCUT2D eigenvalue weighted by molar-refractivity contribution is -0.590. The van der Waals surface area contributed by atoms with Gasteiger partial charge in [-0.05, 0) is 40.5 Å². The monoisotopic (exact) mass is 332 g/mol. The van der Waals surface area contributed by atoms with E-state index in [0.29, 0.717) is 16.9 Å². The first kappa shape index (κ1) is 14.6. The van der Waals surface area contributed by atoms with Gasteiger partial charge >= 0.3 is 5.82 Å². The summed E-state index contributed by atoms with van der Waals surface area (Å²) in [6, 6.07) is 16.0. The van der Waals surface area contributed by atoms with Gasteiger partial charge in [-0.1, -0.05) is 55.7 Å². The summed E-state index contributed by atoms with van der Waals surface area (Å²) in [5.41, 5.74) is 1.21. The Balaban J connectivity index is 1.97. The first-order chi connectivity index (χ1) is 12.3. The molecule has 0 radical (unpaired) electrons. The molecule has 0 unspecified atom stereocenters. The summed E-state index contributed by atoms with van der Waals surface area (Å²) < 4.78 is 2.16. The molecule has 4 aromatic rings. The Labute approximate surface area is 145 Å². The van der Waals surface area contributed by atoms with Crippen molar-refractivity contribution in [2.24, 2.45) is 0 Å². The fraction of sp³-hybridized carbons (Fsp3) is 0.286. The third-order valence-corrected chi connectivity index (χ3v) is 5.69. The molecule has 1 saturated carbocycles. The minimum atomic E-state index is 0.126. The summed E-state index contributed by atoms with van der Waals surface area (Å²) in [6.07, 6.45) is 5.39. The van der Waals surface area contributed by atoms with Crippen LogP contribution < -0.4 is 4.73 Å². The topological polar surface area (TPSA) is 52.1 Å². The standard InChI is InChI=1S/C21H20N2O2/c24-22-19-17-12-6-4-10-15(17)16-11-5-7-13-18(16)20(19)23(25)21(22)14-8-2-1-3-9-14/h4-7,10-14,24H,1-3,8-9H2. The number of imidazole rings is 1. The van der Waals surface area contributed by atoms with E-state index in [1.54, 1.807) is 0 Å². The number of hydrogen-bond acceptors (Lipinski definition) is 2. The zero-order chi connectivity index (χ0) is 17.0. The molecule has 25 heavy (non-hydrogen) atoms. The van der Waals surface area contributed by atoms with Gasteiger partial charge in [-0.2, -0.15) is 0 Å². The maximum Gasteiger partial charge on any atom is 0.303 e. The second-order valence-corrected chi connectivity index (χ2v) is 7.09. The molecule has 0 spiro atoms. The molecule has 0 amide bonds. The Bertz CT molecular complexity index is 1030. The molecule has 4 heteroatoms. The number of benzene rings is 3. The largest absolute Gasteiger partial charge is 0.710 e. The van der Waals surface area contributed by atoms with Crippen molar-refractivity contribution in [1.29, 1.82) is 0 Å². The van der Waals surface area contributed by atoms with Crippen molar-refractivity contribution >= 4 is 32.6 Å². The van der Waals surface area contributed by atoms with Crippen molar-refractivity contribution in [3.05, 3.63) is 59.6 Å². The summed E-state index contributed by atoms with van der Waals surface area (Å²) in [4.78, 5) is 0. The van der Waals surface area contributed by atoms with Crippen LogP contribution in [0.1, 0.15) is 43.8 Å². The Morgan fingerprint density at radius 2 is 1.40 bits per heavy atom. The SMILES string of the molecule is [O-][n+]1c(C2CCCCC2)n(O)c2c3ccccc3c3ccccc3c21. The van der Waals surface area contributed by atoms with Crippen LogP contribution >= 0.6 is 0 Å². The molecule has 1 aliphatic rings. The van der Waals surface area contributed by atoms with Crippen LogP contribution in [0.5, 0.6) is 0 Å². The summed E-state index contributed by atoms with van der Waals surface area (Å²) in [6.45, 7) is 0. The molecule has 1 heterocycles. The van der Waals surface area contributed by atoms with Crippen molar-refractivity contribution in [3.8, 4) is 0 Å². The average molecular weight is 332 g/mol. The van der Waals surface area contributed by atoms with Crippen LogP contribution in [-0.4, -0.2) is 9.94 Å². The van der Waals surface area contributed by atoms with Gasteiger partial charge in [-0.25, -0.2) is 4.73 Å². The maximum absolute atomic E-state index is 13.2. The van der Waals surface area contributed by atoms with Gasteiger partial charge in [0.05, 0.1) is 5.92 Å². The Hall–Kier alpha value is -2.75. The quantitative estimate of drug-likeness (QED) is 0.234. The molecular weight excluding hydrogens is 312 g/mol. The van der Waals surface area contributed by atoms with Gasteiger partial charge < -0.3 is 10.4 Å². The van der Waals surface area contributed by atoms with Crippen LogP contribution in [-0.2, 0) is 0 Å². The van der Waals surface area contributed by atoms with Crippen molar-refractivity contribution in [2.75, 3.05) is 0 Å². The van der Waals surface area contributed by atoms with Gasteiger partial charge in [0, 0.05) is 10.8 Å². The highest BCUT2D eigenvalue weighted by Crippen LogP contribution is 2.37. The molecule has 0 saturated heterocycles. The normalized spacial score (nSPS) is 16.2. The van der Waals surface area contributed by atoms with Gasteiger partial charge in [-0.3, -0.25) is 0 Å². The van der Waals surface area contributed by atoms with Crippen LogP contribution in [0, 0.1) is 5.21 Å². The van der Waals surface area contributed by atoms with Gasteiger partial charge in [-0.15, -0.1) is 0 Å². The molecule has 4 nitrogen and oxygen atoms in total. The zero-order valence-electron chi connectivity index (χ0n) is 14.0. The smallest absolute Gasteiger partial charge is 0.303 e. The van der Waals surface area contributed by atoms with E-state index >= 15 is 0 Å². The lowest BCUT2D eigenvalue weighted by Gasteiger charge is -2.19. The Morgan fingerprint density at radius 1 is 0.840 bits per heavy atom. The lowest BCUT2D eigenvalue weighted by Crippen LogP contribution is -2.34. The third-order valence-electron chi connectivity index (χ3n) is 5.69. The van der Waals surface area contributed by atoms with Crippen molar-refractivity contribution in [3.63, 3.8) is 0 Å². The summed E-state index contributed by atoms with van der Waals surface area (Å²) in [5, 5.41) is 28.2. The highest BCUT2D eigenvalue weighted by atomic mass is 16.5. The molecule has 0 aliphatic heterocycles. The molecule has 1 N–H and O–H groups in total. The number of fused-ring (bicyclic) bond motifs is 6. The molecule has 1 fully saturated rings. The van der Waals surface area contributed by atoms with Crippen LogP contribution in [0.25, 0.3) is 32.6 Å². The van der Waals surface area contributed by atoms with Crippen LogP contribution in [0.4, 0.5) is 0 Å². The average Bonchev–Trinajstić information content (AvgIpc) is 2.94. The minimum Gasteiger partial charge on any atom is -0.710 e. The van der Waals surface area contributed by atoms with E-state index < -0.39 is 0 Å². The zero-order valence-corrected chi connectivity index (χ0v) is 14.0. The van der Waals surface area contributed by atoms with E-state index in [-0.39, 0.29) is 5.92 Å². The van der Waals surface area contributed by atoms with Gasteiger partial charge in [0.2, 0.25) is 5.52 Å². The van der Waals surface area contributed by atoms with Crippen LogP contribution in [0.15, 0.2) is 48.5 Å². The molecule has 0 atom stereocenters. The minimum absolute atomic E-state index is 0.126. The predicted octanol–water partition coefficient (Wildman–Crippen LogP) is 4.87. The molecule has 1 aromatic heterocycles. The number of hydrogen-bond donors (Lipinski definition) is 1. The van der Waals surface area contributed by atoms with Crippen LogP contribution in [0.2, 0.25) is 0 Å². The van der Waals surface area contributed by atoms with Crippen molar-refractivity contribution in [2.45, 2.75) is 38.0 Å². The van der Waals surface area contributed by atoms with E-state index in [0.717, 1.165) is 52.0 Å². The molecule has 0 bridgehead atoms. The second-order valence-electron chi connectivity index (χ2n) is 7.09. The van der Waals surface area contributed by atoms with Crippen LogP contribution in [0.3, 0.4) is 0 Å². The predicted molar refractivity (Wildman–Crippen MR) is 98.9 cm³/mol.